The van der Waals surface area contributed by atoms with Crippen molar-refractivity contribution in [2.45, 2.75) is 38.0 Å². The molecule has 0 saturated heterocycles. The number of benzene rings is 1. The number of rotatable bonds is 2. The van der Waals surface area contributed by atoms with Crippen LogP contribution in [0.4, 0.5) is 5.69 Å². The maximum absolute atomic E-state index is 12.8. The zero-order valence-corrected chi connectivity index (χ0v) is 13.8. The van der Waals surface area contributed by atoms with Crippen molar-refractivity contribution in [3.63, 3.8) is 0 Å². The molecule has 19 heavy (non-hydrogen) atoms. The van der Waals surface area contributed by atoms with E-state index < -0.39 is 14.8 Å². The Labute approximate surface area is 123 Å². The molecule has 1 heterocycles. The zero-order valence-electron chi connectivity index (χ0n) is 11.4. The van der Waals surface area contributed by atoms with E-state index in [-0.39, 0.29) is 6.04 Å². The molecule has 1 aliphatic heterocycles. The minimum absolute atomic E-state index is 0.210. The highest BCUT2D eigenvalue weighted by Gasteiger charge is 2.43. The summed E-state index contributed by atoms with van der Waals surface area (Å²) in [5, 5.41) is 0. The second-order valence-corrected chi connectivity index (χ2v) is 9.08. The maximum Gasteiger partial charge on any atom is 0.240 e. The minimum atomic E-state index is -3.43. The van der Waals surface area contributed by atoms with Crippen LogP contribution >= 0.6 is 15.9 Å². The van der Waals surface area contributed by atoms with Crippen molar-refractivity contribution in [3.05, 3.63) is 40.9 Å². The molecule has 104 valence electrons. The van der Waals surface area contributed by atoms with Gasteiger partial charge in [0.1, 0.15) is 0 Å². The van der Waals surface area contributed by atoms with E-state index in [9.17, 15) is 8.42 Å². The normalized spacial score (nSPS) is 19.4. The summed E-state index contributed by atoms with van der Waals surface area (Å²) in [4.78, 5) is 0. The van der Waals surface area contributed by atoms with E-state index in [4.69, 9.17) is 0 Å². The third kappa shape index (κ3) is 2.23. The fourth-order valence-electron chi connectivity index (χ4n) is 2.21. The molecule has 0 unspecified atom stereocenters. The average molecular weight is 344 g/mol. The topological polar surface area (TPSA) is 37.4 Å². The van der Waals surface area contributed by atoms with Gasteiger partial charge in [-0.15, -0.1) is 6.58 Å². The second-order valence-electron chi connectivity index (χ2n) is 5.66. The minimum Gasteiger partial charge on any atom is -0.262 e. The highest BCUT2D eigenvalue weighted by atomic mass is 79.9. The van der Waals surface area contributed by atoms with Crippen LogP contribution in [0.1, 0.15) is 26.3 Å². The van der Waals surface area contributed by atoms with Crippen LogP contribution in [0.2, 0.25) is 0 Å². The van der Waals surface area contributed by atoms with Crippen LogP contribution in [-0.4, -0.2) is 19.2 Å². The van der Waals surface area contributed by atoms with Gasteiger partial charge in [0.2, 0.25) is 10.0 Å². The first-order valence-corrected chi connectivity index (χ1v) is 8.37. The van der Waals surface area contributed by atoms with Crippen LogP contribution in [0, 0.1) is 0 Å². The molecule has 1 aromatic rings. The highest BCUT2D eigenvalue weighted by molar-refractivity contribution is 9.10. The van der Waals surface area contributed by atoms with E-state index in [1.54, 1.807) is 26.8 Å². The molecule has 0 amide bonds. The summed E-state index contributed by atoms with van der Waals surface area (Å²) < 4.78 is 27.1. The summed E-state index contributed by atoms with van der Waals surface area (Å²) in [6.45, 7) is 8.94. The smallest absolute Gasteiger partial charge is 0.240 e. The lowest BCUT2D eigenvalue weighted by molar-refractivity contribution is 0.552. The van der Waals surface area contributed by atoms with Crippen molar-refractivity contribution in [1.82, 2.24) is 0 Å². The standard InChI is InChI=1S/C14H18BrNO2S/c1-5-10-9-11-12(15)7-6-8-13(11)16(10)19(17,18)14(2,3)4/h5-8,10H,1,9H2,2-4H3/t10-/m1/s1. The molecule has 5 heteroatoms. The zero-order chi connectivity index (χ0) is 14.4. The molecule has 0 aromatic heterocycles. The Hall–Kier alpha value is -0.810. The van der Waals surface area contributed by atoms with Gasteiger partial charge in [-0.2, -0.15) is 0 Å². The summed E-state index contributed by atoms with van der Waals surface area (Å²) in [5.74, 6) is 0. The van der Waals surface area contributed by atoms with Gasteiger partial charge in [-0.1, -0.05) is 28.1 Å². The van der Waals surface area contributed by atoms with Gasteiger partial charge in [0, 0.05) is 10.9 Å². The fraction of sp³-hybridized carbons (Fsp3) is 0.429. The summed E-state index contributed by atoms with van der Waals surface area (Å²) in [6, 6.07) is 5.44. The van der Waals surface area contributed by atoms with Gasteiger partial charge in [0.15, 0.2) is 0 Å². The molecule has 1 aliphatic rings. The molecule has 0 fully saturated rings. The van der Waals surface area contributed by atoms with Gasteiger partial charge in [0.25, 0.3) is 0 Å². The van der Waals surface area contributed by atoms with E-state index in [2.05, 4.69) is 22.5 Å². The van der Waals surface area contributed by atoms with Gasteiger partial charge in [-0.25, -0.2) is 8.42 Å². The van der Waals surface area contributed by atoms with E-state index in [1.165, 1.54) is 4.31 Å². The summed E-state index contributed by atoms with van der Waals surface area (Å²) in [7, 11) is -3.43. The lowest BCUT2D eigenvalue weighted by Crippen LogP contribution is -2.46. The van der Waals surface area contributed by atoms with Gasteiger partial charge < -0.3 is 0 Å². The van der Waals surface area contributed by atoms with Crippen molar-refractivity contribution >= 4 is 31.6 Å². The summed E-state index contributed by atoms with van der Waals surface area (Å²) in [5.41, 5.74) is 1.79. The van der Waals surface area contributed by atoms with Crippen LogP contribution in [0.15, 0.2) is 35.3 Å². The van der Waals surface area contributed by atoms with Crippen molar-refractivity contribution in [3.8, 4) is 0 Å². The molecule has 0 spiro atoms. The molecule has 1 aromatic carbocycles. The van der Waals surface area contributed by atoms with E-state index in [0.29, 0.717) is 6.42 Å². The molecule has 3 nitrogen and oxygen atoms in total. The number of halogens is 1. The van der Waals surface area contributed by atoms with E-state index in [1.807, 2.05) is 18.2 Å². The first kappa shape index (κ1) is 14.6. The summed E-state index contributed by atoms with van der Waals surface area (Å²) >= 11 is 3.49. The quantitative estimate of drug-likeness (QED) is 0.770. The monoisotopic (exact) mass is 343 g/mol. The number of fused-ring (bicyclic) bond motifs is 1. The van der Waals surface area contributed by atoms with Crippen LogP contribution < -0.4 is 4.31 Å². The Balaban J connectivity index is 2.64. The Kier molecular flexibility index (Phi) is 3.56. The van der Waals surface area contributed by atoms with Crippen LogP contribution in [0.3, 0.4) is 0 Å². The van der Waals surface area contributed by atoms with Crippen LogP contribution in [-0.2, 0) is 16.4 Å². The lowest BCUT2D eigenvalue weighted by Gasteiger charge is -2.32. The average Bonchev–Trinajstić information content (AvgIpc) is 2.67. The largest absolute Gasteiger partial charge is 0.262 e. The molecular formula is C14H18BrNO2S. The molecule has 0 N–H and O–H groups in total. The Morgan fingerprint density at radius 2 is 2.05 bits per heavy atom. The fourth-order valence-corrected chi connectivity index (χ4v) is 4.26. The van der Waals surface area contributed by atoms with Gasteiger partial charge in [0.05, 0.1) is 16.5 Å². The summed E-state index contributed by atoms with van der Waals surface area (Å²) in [6.07, 6.45) is 2.37. The number of sulfonamides is 1. The molecule has 2 rings (SSSR count). The van der Waals surface area contributed by atoms with Gasteiger partial charge in [-0.05, 0) is 38.5 Å². The number of anilines is 1. The number of hydrogen-bond donors (Lipinski definition) is 0. The van der Waals surface area contributed by atoms with Crippen LogP contribution in [0.5, 0.6) is 0 Å². The van der Waals surface area contributed by atoms with Crippen LogP contribution in [0.25, 0.3) is 0 Å². The predicted octanol–water partition coefficient (Wildman–Crippen LogP) is 3.49. The predicted molar refractivity (Wildman–Crippen MR) is 83.0 cm³/mol. The Morgan fingerprint density at radius 3 is 2.58 bits per heavy atom. The molecule has 0 aliphatic carbocycles. The highest BCUT2D eigenvalue weighted by Crippen LogP contribution is 2.41. The molecule has 1 atom stereocenters. The Bertz CT molecular complexity index is 617. The van der Waals surface area contributed by atoms with Crippen molar-refractivity contribution < 1.29 is 8.42 Å². The Morgan fingerprint density at radius 1 is 1.42 bits per heavy atom. The third-order valence-electron chi connectivity index (χ3n) is 3.35. The SMILES string of the molecule is C=C[C@@H]1Cc2c(Br)cccc2N1S(=O)(=O)C(C)(C)C. The third-order valence-corrected chi connectivity index (χ3v) is 6.63. The second kappa shape index (κ2) is 4.63. The van der Waals surface area contributed by atoms with Crippen molar-refractivity contribution in [2.24, 2.45) is 0 Å². The first-order valence-electron chi connectivity index (χ1n) is 6.14. The molecule has 0 saturated carbocycles. The molecular weight excluding hydrogens is 326 g/mol. The van der Waals surface area contributed by atoms with E-state index >= 15 is 0 Å². The number of nitrogens with zero attached hydrogens (tertiary/aromatic N) is 1. The molecule has 0 bridgehead atoms. The molecule has 0 radical (unpaired) electrons. The number of hydrogen-bond acceptors (Lipinski definition) is 2. The van der Waals surface area contributed by atoms with Gasteiger partial charge >= 0.3 is 0 Å². The van der Waals surface area contributed by atoms with Crippen molar-refractivity contribution in [1.29, 1.82) is 0 Å². The van der Waals surface area contributed by atoms with Gasteiger partial charge in [-0.3, -0.25) is 4.31 Å². The van der Waals surface area contributed by atoms with Crippen molar-refractivity contribution in [2.75, 3.05) is 4.31 Å². The first-order chi connectivity index (χ1) is 8.70. The maximum atomic E-state index is 12.8. The van der Waals surface area contributed by atoms with E-state index in [0.717, 1.165) is 15.7 Å². The lowest BCUT2D eigenvalue weighted by atomic mass is 10.1.